The van der Waals surface area contributed by atoms with E-state index in [4.69, 9.17) is 0 Å². The van der Waals surface area contributed by atoms with Crippen molar-refractivity contribution in [3.8, 4) is 5.75 Å². The number of aryl methyl sites for hydroxylation is 2. The van der Waals surface area contributed by atoms with Crippen LogP contribution in [-0.4, -0.2) is 47.1 Å². The number of piperidine rings is 1. The summed E-state index contributed by atoms with van der Waals surface area (Å²) < 4.78 is 0. The molecule has 34 heavy (non-hydrogen) atoms. The summed E-state index contributed by atoms with van der Waals surface area (Å²) in [6.07, 6.45) is 3.33. The van der Waals surface area contributed by atoms with E-state index in [0.29, 0.717) is 17.7 Å². The standard InChI is InChI=1S/C31H38N2O/c1-24-21-33-17-16-32(23-29(33)20-31(24,2)28-12-7-13-30(34)19-28)22-27-11-6-10-26(18-27)15-14-25-8-4-3-5-9-25/h3-13,18-19,24,29,34H,14-17,20-23H2,1-2H3/t24-,29+,31+/m0/s1. The highest BCUT2D eigenvalue weighted by molar-refractivity contribution is 5.34. The summed E-state index contributed by atoms with van der Waals surface area (Å²) in [5, 5.41) is 10.1. The lowest BCUT2D eigenvalue weighted by molar-refractivity contribution is -0.00558. The van der Waals surface area contributed by atoms with Crippen LogP contribution in [0.1, 0.15) is 42.5 Å². The molecule has 3 heteroatoms. The van der Waals surface area contributed by atoms with E-state index in [2.05, 4.69) is 84.3 Å². The van der Waals surface area contributed by atoms with E-state index in [-0.39, 0.29) is 5.41 Å². The number of fused-ring (bicyclic) bond motifs is 1. The van der Waals surface area contributed by atoms with Gasteiger partial charge in [0, 0.05) is 38.8 Å². The Morgan fingerprint density at radius 3 is 2.38 bits per heavy atom. The van der Waals surface area contributed by atoms with Gasteiger partial charge < -0.3 is 5.11 Å². The van der Waals surface area contributed by atoms with Crippen LogP contribution in [0.3, 0.4) is 0 Å². The third kappa shape index (κ3) is 5.06. The van der Waals surface area contributed by atoms with Crippen molar-refractivity contribution in [2.45, 2.75) is 51.1 Å². The lowest BCUT2D eigenvalue weighted by atomic mass is 9.65. The normalized spacial score (nSPS) is 25.7. The molecular weight excluding hydrogens is 416 g/mol. The van der Waals surface area contributed by atoms with E-state index >= 15 is 0 Å². The van der Waals surface area contributed by atoms with Gasteiger partial charge in [0.1, 0.15) is 5.75 Å². The SMILES string of the molecule is C[C@H]1CN2CCN(Cc3cccc(CCc4ccccc4)c3)C[C@H]2C[C@@]1(C)c1cccc(O)c1. The highest BCUT2D eigenvalue weighted by atomic mass is 16.3. The number of benzene rings is 3. The zero-order valence-corrected chi connectivity index (χ0v) is 20.7. The molecule has 0 radical (unpaired) electrons. The zero-order chi connectivity index (χ0) is 23.5. The molecule has 0 bridgehead atoms. The Morgan fingerprint density at radius 2 is 1.56 bits per heavy atom. The quantitative estimate of drug-likeness (QED) is 0.520. The van der Waals surface area contributed by atoms with Crippen LogP contribution in [0.25, 0.3) is 0 Å². The average Bonchev–Trinajstić information content (AvgIpc) is 2.85. The van der Waals surface area contributed by atoms with Gasteiger partial charge in [-0.3, -0.25) is 9.80 Å². The fourth-order valence-electron chi connectivity index (χ4n) is 6.12. The van der Waals surface area contributed by atoms with Crippen molar-refractivity contribution in [1.29, 1.82) is 0 Å². The number of piperazine rings is 1. The first-order valence-electron chi connectivity index (χ1n) is 12.9. The molecule has 0 aromatic heterocycles. The molecule has 0 unspecified atom stereocenters. The summed E-state index contributed by atoms with van der Waals surface area (Å²) in [4.78, 5) is 5.36. The maximum absolute atomic E-state index is 10.1. The smallest absolute Gasteiger partial charge is 0.115 e. The summed E-state index contributed by atoms with van der Waals surface area (Å²) >= 11 is 0. The molecule has 3 aromatic rings. The Hall–Kier alpha value is -2.62. The summed E-state index contributed by atoms with van der Waals surface area (Å²) in [6, 6.07) is 28.5. The second-order valence-electron chi connectivity index (χ2n) is 10.8. The topological polar surface area (TPSA) is 26.7 Å². The number of nitrogens with zero attached hydrogens (tertiary/aromatic N) is 2. The molecule has 2 saturated heterocycles. The van der Waals surface area contributed by atoms with E-state index in [1.165, 1.54) is 22.3 Å². The highest BCUT2D eigenvalue weighted by Crippen LogP contribution is 2.43. The van der Waals surface area contributed by atoms with Crippen LogP contribution in [0.5, 0.6) is 5.75 Å². The van der Waals surface area contributed by atoms with Crippen LogP contribution in [0.2, 0.25) is 0 Å². The van der Waals surface area contributed by atoms with E-state index in [9.17, 15) is 5.11 Å². The maximum Gasteiger partial charge on any atom is 0.115 e. The van der Waals surface area contributed by atoms with Gasteiger partial charge in [0.05, 0.1) is 0 Å². The van der Waals surface area contributed by atoms with Crippen LogP contribution in [0.4, 0.5) is 0 Å². The summed E-state index contributed by atoms with van der Waals surface area (Å²) in [5.41, 5.74) is 5.65. The fraction of sp³-hybridized carbons (Fsp3) is 0.419. The molecule has 2 fully saturated rings. The number of phenols is 1. The number of rotatable bonds is 6. The Balaban J connectivity index is 1.23. The molecule has 1 N–H and O–H groups in total. The van der Waals surface area contributed by atoms with E-state index in [0.717, 1.165) is 52.0 Å². The largest absolute Gasteiger partial charge is 0.508 e. The molecule has 3 aromatic carbocycles. The van der Waals surface area contributed by atoms with Crippen LogP contribution >= 0.6 is 0 Å². The van der Waals surface area contributed by atoms with Crippen LogP contribution in [0.15, 0.2) is 78.9 Å². The molecule has 3 atom stereocenters. The van der Waals surface area contributed by atoms with Crippen molar-refractivity contribution in [2.24, 2.45) is 5.92 Å². The van der Waals surface area contributed by atoms with Gasteiger partial charge >= 0.3 is 0 Å². The van der Waals surface area contributed by atoms with Gasteiger partial charge in [-0.05, 0) is 65.0 Å². The Bertz CT molecular complexity index is 1100. The molecule has 2 aliphatic heterocycles. The summed E-state index contributed by atoms with van der Waals surface area (Å²) in [5.74, 6) is 0.948. The van der Waals surface area contributed by atoms with Crippen molar-refractivity contribution in [3.05, 3.63) is 101 Å². The molecule has 0 saturated carbocycles. The lowest BCUT2D eigenvalue weighted by Crippen LogP contribution is -2.60. The molecule has 5 rings (SSSR count). The van der Waals surface area contributed by atoms with Crippen molar-refractivity contribution in [2.75, 3.05) is 26.2 Å². The van der Waals surface area contributed by atoms with Crippen molar-refractivity contribution < 1.29 is 5.11 Å². The summed E-state index contributed by atoms with van der Waals surface area (Å²) in [6.45, 7) is 10.4. The van der Waals surface area contributed by atoms with Gasteiger partial charge in [-0.25, -0.2) is 0 Å². The monoisotopic (exact) mass is 454 g/mol. The maximum atomic E-state index is 10.1. The predicted molar refractivity (Wildman–Crippen MR) is 140 cm³/mol. The highest BCUT2D eigenvalue weighted by Gasteiger charge is 2.44. The molecular formula is C31H38N2O. The predicted octanol–water partition coefficient (Wildman–Crippen LogP) is 5.66. The second-order valence-corrected chi connectivity index (χ2v) is 10.8. The first-order chi connectivity index (χ1) is 16.5. The third-order valence-corrected chi connectivity index (χ3v) is 8.39. The number of aromatic hydroxyl groups is 1. The molecule has 2 aliphatic rings. The third-order valence-electron chi connectivity index (χ3n) is 8.39. The van der Waals surface area contributed by atoms with Gasteiger partial charge in [0.2, 0.25) is 0 Å². The van der Waals surface area contributed by atoms with E-state index < -0.39 is 0 Å². The van der Waals surface area contributed by atoms with Crippen molar-refractivity contribution >= 4 is 0 Å². The molecule has 178 valence electrons. The van der Waals surface area contributed by atoms with Crippen molar-refractivity contribution in [1.82, 2.24) is 9.80 Å². The number of hydrogen-bond donors (Lipinski definition) is 1. The van der Waals surface area contributed by atoms with Gasteiger partial charge in [-0.2, -0.15) is 0 Å². The molecule has 0 spiro atoms. The first kappa shape index (κ1) is 23.1. The van der Waals surface area contributed by atoms with Crippen molar-refractivity contribution in [3.63, 3.8) is 0 Å². The number of phenolic OH excluding ortho intramolecular Hbond substituents is 1. The zero-order valence-electron chi connectivity index (χ0n) is 20.7. The van der Waals surface area contributed by atoms with Crippen LogP contribution in [-0.2, 0) is 24.8 Å². The Labute approximate surface area is 205 Å². The minimum absolute atomic E-state index is 0.0975. The van der Waals surface area contributed by atoms with Crippen LogP contribution in [0, 0.1) is 5.92 Å². The Morgan fingerprint density at radius 1 is 0.824 bits per heavy atom. The molecule has 0 amide bonds. The molecule has 2 heterocycles. The Kier molecular flexibility index (Phi) is 6.76. The van der Waals surface area contributed by atoms with E-state index in [1.54, 1.807) is 6.07 Å². The van der Waals surface area contributed by atoms with Crippen LogP contribution < -0.4 is 0 Å². The average molecular weight is 455 g/mol. The van der Waals surface area contributed by atoms with Gasteiger partial charge in [0.15, 0.2) is 0 Å². The first-order valence-corrected chi connectivity index (χ1v) is 12.9. The molecule has 0 aliphatic carbocycles. The lowest BCUT2D eigenvalue weighted by Gasteiger charge is -2.53. The van der Waals surface area contributed by atoms with Gasteiger partial charge in [0.25, 0.3) is 0 Å². The summed E-state index contributed by atoms with van der Waals surface area (Å²) in [7, 11) is 0. The second kappa shape index (κ2) is 9.93. The fourth-order valence-corrected chi connectivity index (χ4v) is 6.12. The van der Waals surface area contributed by atoms with Gasteiger partial charge in [-0.1, -0.05) is 80.6 Å². The van der Waals surface area contributed by atoms with Gasteiger partial charge in [-0.15, -0.1) is 0 Å². The number of hydrogen-bond acceptors (Lipinski definition) is 3. The minimum Gasteiger partial charge on any atom is -0.508 e. The minimum atomic E-state index is 0.0975. The molecule has 3 nitrogen and oxygen atoms in total. The van der Waals surface area contributed by atoms with E-state index in [1.807, 2.05) is 12.1 Å².